The molecular formula is C15H24N4. The van der Waals surface area contributed by atoms with Crippen molar-refractivity contribution in [3.63, 3.8) is 0 Å². The molecule has 1 rings (SSSR count). The van der Waals surface area contributed by atoms with Gasteiger partial charge in [0.15, 0.2) is 0 Å². The second-order valence-electron chi connectivity index (χ2n) is 4.64. The molecule has 0 radical (unpaired) electrons. The third-order valence-corrected chi connectivity index (χ3v) is 3.13. The first-order valence-electron chi connectivity index (χ1n) is 6.75. The lowest BCUT2D eigenvalue weighted by atomic mass is 10.1. The summed E-state index contributed by atoms with van der Waals surface area (Å²) < 4.78 is 0. The first-order valence-corrected chi connectivity index (χ1v) is 6.75. The molecule has 0 saturated heterocycles. The van der Waals surface area contributed by atoms with Crippen LogP contribution in [0, 0.1) is 0 Å². The molecule has 4 N–H and O–H groups in total. The number of amidine groups is 2. The molecule has 1 unspecified atom stereocenters. The van der Waals surface area contributed by atoms with Gasteiger partial charge in [-0.2, -0.15) is 0 Å². The summed E-state index contributed by atoms with van der Waals surface area (Å²) in [6, 6.07) is 0.287. The minimum atomic E-state index is 0.287. The Bertz CT molecular complexity index is 404. The molecule has 1 aliphatic rings. The van der Waals surface area contributed by atoms with Gasteiger partial charge in [-0.1, -0.05) is 37.8 Å². The van der Waals surface area contributed by atoms with Gasteiger partial charge < -0.3 is 11.5 Å². The van der Waals surface area contributed by atoms with Crippen molar-refractivity contribution in [2.45, 2.75) is 38.1 Å². The van der Waals surface area contributed by atoms with E-state index in [2.05, 4.69) is 23.1 Å². The summed E-state index contributed by atoms with van der Waals surface area (Å²) in [5.41, 5.74) is 12.5. The van der Waals surface area contributed by atoms with Crippen LogP contribution < -0.4 is 11.5 Å². The van der Waals surface area contributed by atoms with Crippen LogP contribution in [0.2, 0.25) is 0 Å². The summed E-state index contributed by atoms with van der Waals surface area (Å²) >= 11 is 0. The van der Waals surface area contributed by atoms with Crippen LogP contribution in [0.15, 0.2) is 46.9 Å². The minimum Gasteiger partial charge on any atom is -0.387 e. The van der Waals surface area contributed by atoms with Crippen LogP contribution in [0.5, 0.6) is 0 Å². The van der Waals surface area contributed by atoms with Gasteiger partial charge in [-0.25, -0.2) is 0 Å². The predicted molar refractivity (Wildman–Crippen MR) is 83.5 cm³/mol. The van der Waals surface area contributed by atoms with Crippen molar-refractivity contribution in [1.82, 2.24) is 0 Å². The van der Waals surface area contributed by atoms with E-state index in [0.29, 0.717) is 12.4 Å². The quantitative estimate of drug-likeness (QED) is 0.437. The number of nitrogens with zero attached hydrogens (tertiary/aromatic N) is 2. The topological polar surface area (TPSA) is 76.8 Å². The molecule has 4 nitrogen and oxygen atoms in total. The Morgan fingerprint density at radius 3 is 2.89 bits per heavy atom. The van der Waals surface area contributed by atoms with Crippen LogP contribution in [-0.4, -0.2) is 24.3 Å². The molecule has 1 atom stereocenters. The maximum absolute atomic E-state index is 5.89. The van der Waals surface area contributed by atoms with E-state index in [4.69, 9.17) is 11.5 Å². The number of nitrogens with two attached hydrogens (primary N) is 2. The van der Waals surface area contributed by atoms with Crippen molar-refractivity contribution in [3.8, 4) is 0 Å². The molecule has 0 amide bonds. The molecule has 1 heterocycles. The zero-order valence-electron chi connectivity index (χ0n) is 11.5. The van der Waals surface area contributed by atoms with Gasteiger partial charge in [0.05, 0.1) is 11.9 Å². The first-order chi connectivity index (χ1) is 9.17. The summed E-state index contributed by atoms with van der Waals surface area (Å²) in [6.07, 6.45) is 10.4. The Balaban J connectivity index is 2.52. The smallest absolute Gasteiger partial charge is 0.125 e. The van der Waals surface area contributed by atoms with Crippen molar-refractivity contribution >= 4 is 11.7 Å². The maximum atomic E-state index is 5.89. The van der Waals surface area contributed by atoms with E-state index in [1.807, 2.05) is 0 Å². The highest BCUT2D eigenvalue weighted by atomic mass is 14.9. The van der Waals surface area contributed by atoms with Crippen LogP contribution in [-0.2, 0) is 0 Å². The molecular weight excluding hydrogens is 236 g/mol. The molecule has 0 aromatic carbocycles. The Labute approximate surface area is 115 Å². The molecule has 1 aliphatic heterocycles. The highest BCUT2D eigenvalue weighted by Crippen LogP contribution is 2.15. The summed E-state index contributed by atoms with van der Waals surface area (Å²) in [4.78, 5) is 8.87. The van der Waals surface area contributed by atoms with Crippen molar-refractivity contribution in [2.24, 2.45) is 21.5 Å². The van der Waals surface area contributed by atoms with Gasteiger partial charge in [0.1, 0.15) is 5.84 Å². The predicted octanol–water partition coefficient (Wildman–Crippen LogP) is 2.33. The van der Waals surface area contributed by atoms with Gasteiger partial charge in [0.2, 0.25) is 0 Å². The highest BCUT2D eigenvalue weighted by Gasteiger charge is 2.11. The third kappa shape index (κ3) is 5.55. The second kappa shape index (κ2) is 8.29. The van der Waals surface area contributed by atoms with Crippen molar-refractivity contribution in [1.29, 1.82) is 0 Å². The Kier molecular flexibility index (Phi) is 6.64. The summed E-state index contributed by atoms with van der Waals surface area (Å²) in [6.45, 7) is 8.00. The summed E-state index contributed by atoms with van der Waals surface area (Å²) in [5, 5.41) is 0. The fourth-order valence-corrected chi connectivity index (χ4v) is 2.07. The Morgan fingerprint density at radius 1 is 1.42 bits per heavy atom. The molecule has 104 valence electrons. The number of hydrogen-bond acceptors (Lipinski definition) is 3. The van der Waals surface area contributed by atoms with Crippen molar-refractivity contribution in [3.05, 3.63) is 37.0 Å². The third-order valence-electron chi connectivity index (χ3n) is 3.13. The molecule has 0 bridgehead atoms. The average Bonchev–Trinajstić information content (AvgIpc) is 2.60. The second-order valence-corrected chi connectivity index (χ2v) is 4.64. The van der Waals surface area contributed by atoms with Crippen LogP contribution in [0.4, 0.5) is 0 Å². The molecule has 19 heavy (non-hydrogen) atoms. The van der Waals surface area contributed by atoms with Crippen LogP contribution >= 0.6 is 0 Å². The van der Waals surface area contributed by atoms with E-state index in [-0.39, 0.29) is 6.04 Å². The van der Waals surface area contributed by atoms with E-state index in [0.717, 1.165) is 37.1 Å². The van der Waals surface area contributed by atoms with Crippen LogP contribution in [0.1, 0.15) is 32.1 Å². The minimum absolute atomic E-state index is 0.287. The van der Waals surface area contributed by atoms with Gasteiger partial charge in [-0.15, -0.1) is 0 Å². The van der Waals surface area contributed by atoms with Gasteiger partial charge in [-0.3, -0.25) is 9.98 Å². The highest BCUT2D eigenvalue weighted by molar-refractivity contribution is 5.99. The van der Waals surface area contributed by atoms with Gasteiger partial charge >= 0.3 is 0 Å². The molecule has 0 aromatic heterocycles. The average molecular weight is 260 g/mol. The van der Waals surface area contributed by atoms with Crippen molar-refractivity contribution in [2.75, 3.05) is 6.54 Å². The number of aliphatic imine (C=N–C) groups is 2. The molecule has 0 saturated carbocycles. The summed E-state index contributed by atoms with van der Waals surface area (Å²) in [5.74, 6) is 1.28. The largest absolute Gasteiger partial charge is 0.387 e. The van der Waals surface area contributed by atoms with Gasteiger partial charge in [-0.05, 0) is 19.3 Å². The zero-order valence-corrected chi connectivity index (χ0v) is 11.5. The Hall–Kier alpha value is -1.84. The van der Waals surface area contributed by atoms with Crippen LogP contribution in [0.25, 0.3) is 0 Å². The molecule has 0 spiro atoms. The standard InChI is InChI=1S/C15H24N4/c1-3-7-12(4-2)15(17)18-11-10-13-8-5-6-9-14(16)19-13/h3-4,7,13H,1-2,5-6,8-11H2,(H2,16,19)(H2,17,18)/b12-7+. The molecule has 0 aromatic rings. The monoisotopic (exact) mass is 260 g/mol. The Morgan fingerprint density at radius 2 is 2.21 bits per heavy atom. The summed E-state index contributed by atoms with van der Waals surface area (Å²) in [7, 11) is 0. The lowest BCUT2D eigenvalue weighted by molar-refractivity contribution is 0.560. The molecule has 0 aliphatic carbocycles. The van der Waals surface area contributed by atoms with E-state index in [1.165, 1.54) is 6.42 Å². The van der Waals surface area contributed by atoms with E-state index in [1.54, 1.807) is 18.2 Å². The SMILES string of the molecule is C=C/C=C(\C=C)C(N)=NCCC1CCCCC(N)=N1. The van der Waals surface area contributed by atoms with E-state index in [9.17, 15) is 0 Å². The lowest BCUT2D eigenvalue weighted by Crippen LogP contribution is -2.17. The zero-order chi connectivity index (χ0) is 14.1. The van der Waals surface area contributed by atoms with E-state index >= 15 is 0 Å². The fraction of sp³-hybridized carbons (Fsp3) is 0.467. The number of allylic oxidation sites excluding steroid dienone is 2. The normalized spacial score (nSPS) is 21.5. The van der Waals surface area contributed by atoms with Gasteiger partial charge in [0.25, 0.3) is 0 Å². The molecule has 0 fully saturated rings. The first kappa shape index (κ1) is 15.2. The van der Waals surface area contributed by atoms with Crippen LogP contribution in [0.3, 0.4) is 0 Å². The fourth-order valence-electron chi connectivity index (χ4n) is 2.07. The number of rotatable bonds is 6. The maximum Gasteiger partial charge on any atom is 0.125 e. The van der Waals surface area contributed by atoms with Crippen molar-refractivity contribution < 1.29 is 0 Å². The molecule has 4 heteroatoms. The lowest BCUT2D eigenvalue weighted by Gasteiger charge is -2.09. The van der Waals surface area contributed by atoms with E-state index < -0.39 is 0 Å². The van der Waals surface area contributed by atoms with Gasteiger partial charge in [0, 0.05) is 18.5 Å². The number of hydrogen-bond donors (Lipinski definition) is 2.